The molecule has 4 heteroatoms. The number of hydrogen-bond donors (Lipinski definition) is 1. The zero-order valence-corrected chi connectivity index (χ0v) is 11.2. The Morgan fingerprint density at radius 1 is 1.33 bits per heavy atom. The van der Waals surface area contributed by atoms with Crippen LogP contribution in [0.2, 0.25) is 0 Å². The van der Waals surface area contributed by atoms with Gasteiger partial charge in [0.05, 0.1) is 17.4 Å². The van der Waals surface area contributed by atoms with Gasteiger partial charge in [-0.25, -0.2) is 0 Å². The third-order valence-electron chi connectivity index (χ3n) is 2.97. The molecule has 0 amide bonds. The summed E-state index contributed by atoms with van der Waals surface area (Å²) >= 11 is 0. The summed E-state index contributed by atoms with van der Waals surface area (Å²) in [6, 6.07) is 8.26. The number of aromatic nitrogens is 3. The number of aryl methyl sites for hydroxylation is 2. The van der Waals surface area contributed by atoms with Gasteiger partial charge in [-0.05, 0) is 38.6 Å². The molecule has 0 bridgehead atoms. The average molecular weight is 244 g/mol. The molecule has 96 valence electrons. The molecule has 2 aromatic heterocycles. The first-order valence-corrected chi connectivity index (χ1v) is 6.38. The molecule has 2 aromatic rings. The maximum Gasteiger partial charge on any atom is 0.0919 e. The Hall–Kier alpha value is -1.68. The van der Waals surface area contributed by atoms with E-state index in [-0.39, 0.29) is 6.04 Å². The molecule has 2 rings (SSSR count). The number of nitrogens with one attached hydrogen (secondary N) is 1. The molecule has 1 atom stereocenters. The fourth-order valence-corrected chi connectivity index (χ4v) is 2.16. The Kier molecular flexibility index (Phi) is 4.10. The van der Waals surface area contributed by atoms with Crippen LogP contribution in [-0.4, -0.2) is 21.8 Å². The largest absolute Gasteiger partial charge is 0.307 e. The Labute approximate surface area is 108 Å². The van der Waals surface area contributed by atoms with Gasteiger partial charge in [0.25, 0.3) is 0 Å². The Morgan fingerprint density at radius 3 is 2.83 bits per heavy atom. The van der Waals surface area contributed by atoms with Crippen LogP contribution in [0, 0.1) is 6.92 Å². The molecule has 0 aromatic carbocycles. The summed E-state index contributed by atoms with van der Waals surface area (Å²) in [6.07, 6.45) is 2.93. The van der Waals surface area contributed by atoms with Crippen LogP contribution >= 0.6 is 0 Å². The van der Waals surface area contributed by atoms with Gasteiger partial charge in [0.1, 0.15) is 0 Å². The molecule has 0 radical (unpaired) electrons. The first-order valence-electron chi connectivity index (χ1n) is 6.38. The lowest BCUT2D eigenvalue weighted by Gasteiger charge is -2.17. The van der Waals surface area contributed by atoms with Crippen LogP contribution in [0.15, 0.2) is 30.5 Å². The summed E-state index contributed by atoms with van der Waals surface area (Å²) in [5, 5.41) is 7.70. The Bertz CT molecular complexity index is 504. The van der Waals surface area contributed by atoms with Crippen LogP contribution in [-0.2, 0) is 6.54 Å². The first-order chi connectivity index (χ1) is 8.76. The van der Waals surface area contributed by atoms with E-state index in [0.717, 1.165) is 30.0 Å². The van der Waals surface area contributed by atoms with Crippen molar-refractivity contribution < 1.29 is 0 Å². The molecule has 0 aliphatic carbocycles. The van der Waals surface area contributed by atoms with Crippen molar-refractivity contribution in [3.8, 4) is 0 Å². The van der Waals surface area contributed by atoms with E-state index < -0.39 is 0 Å². The predicted molar refractivity (Wildman–Crippen MR) is 72.4 cm³/mol. The van der Waals surface area contributed by atoms with E-state index in [4.69, 9.17) is 0 Å². The second kappa shape index (κ2) is 5.78. The van der Waals surface area contributed by atoms with Crippen LogP contribution in [0.4, 0.5) is 0 Å². The number of pyridine rings is 1. The monoisotopic (exact) mass is 244 g/mol. The molecule has 1 unspecified atom stereocenters. The summed E-state index contributed by atoms with van der Waals surface area (Å²) in [6.45, 7) is 5.11. The minimum Gasteiger partial charge on any atom is -0.307 e. The Balaban J connectivity index is 2.36. The van der Waals surface area contributed by atoms with Gasteiger partial charge in [0, 0.05) is 18.4 Å². The van der Waals surface area contributed by atoms with Crippen molar-refractivity contribution in [2.45, 2.75) is 32.9 Å². The highest BCUT2D eigenvalue weighted by Gasteiger charge is 2.17. The molecule has 0 saturated carbocycles. The second-order valence-electron chi connectivity index (χ2n) is 4.40. The molecular formula is C14H20N4. The highest BCUT2D eigenvalue weighted by Crippen LogP contribution is 2.20. The standard InChI is InChI=1S/C14H20N4/c1-4-10-18-13(8-9-16-18)14(15-3)12-7-5-6-11(2)17-12/h5-9,14-15H,4,10H2,1-3H3. The summed E-state index contributed by atoms with van der Waals surface area (Å²) in [4.78, 5) is 4.60. The van der Waals surface area contributed by atoms with Gasteiger partial charge in [-0.15, -0.1) is 0 Å². The van der Waals surface area contributed by atoms with Crippen molar-refractivity contribution in [1.29, 1.82) is 0 Å². The van der Waals surface area contributed by atoms with Crippen LogP contribution < -0.4 is 5.32 Å². The SMILES string of the molecule is CCCn1nccc1C(NC)c1cccc(C)n1. The van der Waals surface area contributed by atoms with Gasteiger partial charge in [0.15, 0.2) is 0 Å². The Morgan fingerprint density at radius 2 is 2.17 bits per heavy atom. The molecule has 0 spiro atoms. The molecule has 4 nitrogen and oxygen atoms in total. The van der Waals surface area contributed by atoms with Crippen molar-refractivity contribution in [2.75, 3.05) is 7.05 Å². The maximum absolute atomic E-state index is 4.60. The van der Waals surface area contributed by atoms with Gasteiger partial charge in [0.2, 0.25) is 0 Å². The third-order valence-corrected chi connectivity index (χ3v) is 2.97. The quantitative estimate of drug-likeness (QED) is 0.877. The fraction of sp³-hybridized carbons (Fsp3) is 0.429. The van der Waals surface area contributed by atoms with Gasteiger partial charge in [-0.3, -0.25) is 9.67 Å². The van der Waals surface area contributed by atoms with E-state index in [0.29, 0.717) is 0 Å². The van der Waals surface area contributed by atoms with E-state index >= 15 is 0 Å². The molecule has 0 aliphatic heterocycles. The lowest BCUT2D eigenvalue weighted by molar-refractivity contribution is 0.529. The fourth-order valence-electron chi connectivity index (χ4n) is 2.16. The second-order valence-corrected chi connectivity index (χ2v) is 4.40. The van der Waals surface area contributed by atoms with E-state index in [1.54, 1.807) is 0 Å². The topological polar surface area (TPSA) is 42.7 Å². The van der Waals surface area contributed by atoms with E-state index in [2.05, 4.69) is 34.5 Å². The van der Waals surface area contributed by atoms with E-state index in [1.165, 1.54) is 0 Å². The molecule has 1 N–H and O–H groups in total. The molecule has 0 fully saturated rings. The lowest BCUT2D eigenvalue weighted by atomic mass is 10.1. The van der Waals surface area contributed by atoms with Crippen molar-refractivity contribution >= 4 is 0 Å². The molecule has 0 saturated heterocycles. The van der Waals surface area contributed by atoms with Gasteiger partial charge < -0.3 is 5.32 Å². The molecule has 0 aliphatic rings. The van der Waals surface area contributed by atoms with Gasteiger partial charge in [-0.2, -0.15) is 5.10 Å². The maximum atomic E-state index is 4.60. The summed E-state index contributed by atoms with van der Waals surface area (Å²) in [7, 11) is 1.96. The zero-order valence-electron chi connectivity index (χ0n) is 11.2. The normalized spacial score (nSPS) is 12.6. The summed E-state index contributed by atoms with van der Waals surface area (Å²) in [5.74, 6) is 0. The van der Waals surface area contributed by atoms with Crippen molar-refractivity contribution in [1.82, 2.24) is 20.1 Å². The highest BCUT2D eigenvalue weighted by atomic mass is 15.3. The van der Waals surface area contributed by atoms with E-state index in [1.807, 2.05) is 37.0 Å². The summed E-state index contributed by atoms with van der Waals surface area (Å²) < 4.78 is 2.05. The molecule has 2 heterocycles. The van der Waals surface area contributed by atoms with Crippen molar-refractivity contribution in [3.63, 3.8) is 0 Å². The van der Waals surface area contributed by atoms with Gasteiger partial charge >= 0.3 is 0 Å². The molecule has 18 heavy (non-hydrogen) atoms. The smallest absolute Gasteiger partial charge is 0.0919 e. The highest BCUT2D eigenvalue weighted by molar-refractivity contribution is 5.23. The third kappa shape index (κ3) is 2.59. The minimum atomic E-state index is 0.0962. The lowest BCUT2D eigenvalue weighted by Crippen LogP contribution is -2.22. The summed E-state index contributed by atoms with van der Waals surface area (Å²) in [5.41, 5.74) is 3.24. The van der Waals surface area contributed by atoms with Crippen LogP contribution in [0.3, 0.4) is 0 Å². The van der Waals surface area contributed by atoms with Gasteiger partial charge in [-0.1, -0.05) is 13.0 Å². The van der Waals surface area contributed by atoms with Crippen LogP contribution in [0.5, 0.6) is 0 Å². The molecular weight excluding hydrogens is 224 g/mol. The van der Waals surface area contributed by atoms with Crippen molar-refractivity contribution in [2.24, 2.45) is 0 Å². The number of nitrogens with zero attached hydrogens (tertiary/aromatic N) is 3. The van der Waals surface area contributed by atoms with Crippen LogP contribution in [0.25, 0.3) is 0 Å². The van der Waals surface area contributed by atoms with Crippen LogP contribution in [0.1, 0.15) is 36.5 Å². The number of rotatable bonds is 5. The van der Waals surface area contributed by atoms with Crippen molar-refractivity contribution in [3.05, 3.63) is 47.5 Å². The number of hydrogen-bond acceptors (Lipinski definition) is 3. The zero-order chi connectivity index (χ0) is 13.0. The average Bonchev–Trinajstić information content (AvgIpc) is 2.79. The van der Waals surface area contributed by atoms with E-state index in [9.17, 15) is 0 Å². The first kappa shape index (κ1) is 12.8. The predicted octanol–water partition coefficient (Wildman–Crippen LogP) is 2.31. The minimum absolute atomic E-state index is 0.0962.